The van der Waals surface area contributed by atoms with Crippen molar-refractivity contribution in [2.45, 2.75) is 55.7 Å². The Morgan fingerprint density at radius 1 is 0.794 bits per heavy atom. The number of unbranched alkanes of at least 4 members (excludes halogenated alkanes) is 1. The maximum atomic E-state index is 14.6. The van der Waals surface area contributed by atoms with Gasteiger partial charge >= 0.3 is 13.9 Å². The van der Waals surface area contributed by atoms with Crippen LogP contribution in [-0.2, 0) is 42.7 Å². The second kappa shape index (κ2) is 24.7. The number of carbonyl (C=O) groups is 1. The zero-order valence-electron chi connectivity index (χ0n) is 39.0. The summed E-state index contributed by atoms with van der Waals surface area (Å²) in [5, 5.41) is 12.2. The van der Waals surface area contributed by atoms with Gasteiger partial charge in [0.25, 0.3) is 0 Å². The van der Waals surface area contributed by atoms with Gasteiger partial charge in [0.2, 0.25) is 0 Å². The van der Waals surface area contributed by atoms with Crippen molar-refractivity contribution < 1.29 is 51.4 Å². The van der Waals surface area contributed by atoms with Crippen molar-refractivity contribution in [1.29, 1.82) is 5.26 Å². The van der Waals surface area contributed by atoms with Crippen molar-refractivity contribution in [1.82, 2.24) is 5.32 Å². The number of amides is 1. The first-order chi connectivity index (χ1) is 33.2. The maximum Gasteiger partial charge on any atom is 0.475 e. The first kappa shape index (κ1) is 50.4. The minimum Gasteiger partial charge on any atom is -0.497 e. The average Bonchev–Trinajstić information content (AvgIpc) is 3.69. The summed E-state index contributed by atoms with van der Waals surface area (Å²) in [6.45, 7) is 0.990. The van der Waals surface area contributed by atoms with Gasteiger partial charge in [-0.15, -0.1) is 0 Å². The zero-order chi connectivity index (χ0) is 47.8. The van der Waals surface area contributed by atoms with Gasteiger partial charge in [0, 0.05) is 37.4 Å². The van der Waals surface area contributed by atoms with Gasteiger partial charge in [-0.3, -0.25) is 13.6 Å². The number of phosphoric ester groups is 1. The monoisotopic (exact) mass is 942 g/mol. The van der Waals surface area contributed by atoms with Gasteiger partial charge in [-0.2, -0.15) is 5.26 Å². The summed E-state index contributed by atoms with van der Waals surface area (Å²) >= 11 is 0. The molecule has 2 unspecified atom stereocenters. The number of methoxy groups -OCH3 is 3. The molecule has 0 saturated carbocycles. The topological polar surface area (TPSA) is 153 Å². The summed E-state index contributed by atoms with van der Waals surface area (Å²) in [5.41, 5.74) is 6.06. The molecule has 1 amide bonds. The van der Waals surface area contributed by atoms with E-state index in [4.69, 9.17) is 49.8 Å². The van der Waals surface area contributed by atoms with Gasteiger partial charge in [-0.05, 0) is 82.5 Å². The van der Waals surface area contributed by atoms with E-state index in [9.17, 15) is 14.6 Å². The highest BCUT2D eigenvalue weighted by molar-refractivity contribution is 7.48. The Morgan fingerprint density at radius 2 is 1.40 bits per heavy atom. The lowest BCUT2D eigenvalue weighted by Gasteiger charge is -2.40. The number of nitrogens with one attached hydrogen (secondary N) is 1. The third kappa shape index (κ3) is 12.6. The predicted molar refractivity (Wildman–Crippen MR) is 259 cm³/mol. The quantitative estimate of drug-likeness (QED) is 0.0257. The Hall–Kier alpha value is -5.49. The lowest BCUT2D eigenvalue weighted by atomic mass is 9.79. The van der Waals surface area contributed by atoms with Crippen LogP contribution in [0.2, 0.25) is 0 Å². The van der Waals surface area contributed by atoms with Crippen LogP contribution < -0.4 is 14.8 Å². The molecule has 2 aliphatic rings. The van der Waals surface area contributed by atoms with Crippen LogP contribution in [0, 0.1) is 23.2 Å². The van der Waals surface area contributed by atoms with Crippen molar-refractivity contribution in [3.05, 3.63) is 155 Å². The largest absolute Gasteiger partial charge is 0.497 e. The predicted octanol–water partition coefficient (Wildman–Crippen LogP) is 9.96. The SMILES string of the molecule is [B][C@H]1C[C@@H](OP(=O)(OCCC#N)OCC(CCCCNC(=O)OCC2c3ccccc3-c3ccccc32)COC)[C@@H](COC(c2ccccc2)(c2ccc(OC)cc2)c2ccc(OC)cc2)CO1. The van der Waals surface area contributed by atoms with Crippen molar-refractivity contribution >= 4 is 21.8 Å². The molecule has 1 heterocycles. The third-order valence-electron chi connectivity index (χ3n) is 12.5. The number of hydrogen-bond acceptors (Lipinski definition) is 12. The molecule has 0 spiro atoms. The molecule has 0 aromatic heterocycles. The second-order valence-corrected chi connectivity index (χ2v) is 18.5. The number of benzene rings is 5. The molecule has 5 aromatic carbocycles. The van der Waals surface area contributed by atoms with E-state index >= 15 is 0 Å². The van der Waals surface area contributed by atoms with E-state index in [1.807, 2.05) is 109 Å². The molecular weight excluding hydrogens is 882 g/mol. The molecule has 1 fully saturated rings. The molecule has 1 aliphatic heterocycles. The highest BCUT2D eigenvalue weighted by Gasteiger charge is 2.43. The molecule has 1 saturated heterocycles. The van der Waals surface area contributed by atoms with Gasteiger partial charge < -0.3 is 33.7 Å². The lowest BCUT2D eigenvalue weighted by Crippen LogP contribution is -2.44. The first-order valence-corrected chi connectivity index (χ1v) is 24.5. The highest BCUT2D eigenvalue weighted by atomic mass is 31.2. The van der Waals surface area contributed by atoms with Crippen LogP contribution in [0.15, 0.2) is 127 Å². The van der Waals surface area contributed by atoms with Crippen LogP contribution in [0.3, 0.4) is 0 Å². The van der Waals surface area contributed by atoms with Crippen LogP contribution in [-0.4, -0.2) is 93.6 Å². The van der Waals surface area contributed by atoms with Crippen LogP contribution in [0.5, 0.6) is 11.5 Å². The Kier molecular flexibility index (Phi) is 18.3. The Bertz CT molecular complexity index is 2360. The van der Waals surface area contributed by atoms with Gasteiger partial charge in [0.1, 0.15) is 31.6 Å². The second-order valence-electron chi connectivity index (χ2n) is 16.9. The van der Waals surface area contributed by atoms with Gasteiger partial charge in [0.15, 0.2) is 0 Å². The van der Waals surface area contributed by atoms with E-state index < -0.39 is 37.5 Å². The minimum atomic E-state index is -4.31. The van der Waals surface area contributed by atoms with Crippen molar-refractivity contribution in [2.24, 2.45) is 11.8 Å². The highest BCUT2D eigenvalue weighted by Crippen LogP contribution is 2.53. The summed E-state index contributed by atoms with van der Waals surface area (Å²) in [6.07, 6.45) is 0.895. The van der Waals surface area contributed by atoms with Gasteiger partial charge in [-0.25, -0.2) is 9.36 Å². The molecule has 1 N–H and O–H groups in total. The lowest BCUT2D eigenvalue weighted by molar-refractivity contribution is -0.102. The molecule has 5 aromatic rings. The van der Waals surface area contributed by atoms with Crippen molar-refractivity contribution in [2.75, 3.05) is 67.5 Å². The maximum absolute atomic E-state index is 14.6. The molecule has 13 nitrogen and oxygen atoms in total. The van der Waals surface area contributed by atoms with E-state index in [0.29, 0.717) is 43.9 Å². The third-order valence-corrected chi connectivity index (χ3v) is 13.9. The van der Waals surface area contributed by atoms with Crippen LogP contribution in [0.25, 0.3) is 11.1 Å². The average molecular weight is 943 g/mol. The number of fused-ring (bicyclic) bond motifs is 3. The summed E-state index contributed by atoms with van der Waals surface area (Å²) in [5.74, 6) is 0.684. The number of carbonyl (C=O) groups excluding carboxylic acids is 1. The number of ether oxygens (including phenoxy) is 6. The fourth-order valence-corrected chi connectivity index (χ4v) is 10.4. The fourth-order valence-electron chi connectivity index (χ4n) is 8.95. The molecule has 7 rings (SSSR count). The van der Waals surface area contributed by atoms with Gasteiger partial charge in [0.05, 0.1) is 65.8 Å². The molecule has 15 heteroatoms. The molecule has 68 heavy (non-hydrogen) atoms. The van der Waals surface area contributed by atoms with E-state index in [-0.39, 0.29) is 57.7 Å². The fraction of sp³-hybridized carbons (Fsp3) is 0.396. The van der Waals surface area contributed by atoms with E-state index in [1.165, 1.54) is 11.1 Å². The summed E-state index contributed by atoms with van der Waals surface area (Å²) in [6, 6.07) is 43.1. The number of nitrogens with zero attached hydrogens (tertiary/aromatic N) is 1. The Balaban J connectivity index is 0.988. The Labute approximate surface area is 401 Å². The van der Waals surface area contributed by atoms with E-state index in [1.54, 1.807) is 21.3 Å². The molecular formula is C53H60BN2O11P. The standard InChI is InChI=1S/C53H60BN2O11P/c1-59-33-38(14-11-12-30-56-52(57)63-37-49-47-19-9-7-17-45(47)46-18-8-10-20-48(46)49)34-66-68(58,65-31-13-29-55)67-50-32-51(54)62-35-39(50)36-64-53(40-15-5-4-6-16-40,41-21-25-43(60-2)26-22-41)42-23-27-44(61-3)28-24-42/h4-10,15-28,38-39,49-51H,11-14,30-37H2,1-3H3,(H,56,57)/t38?,39-,50-,51-,68?/m1/s1. The summed E-state index contributed by atoms with van der Waals surface area (Å²) in [4.78, 5) is 12.8. The zero-order valence-corrected chi connectivity index (χ0v) is 39.9. The summed E-state index contributed by atoms with van der Waals surface area (Å²) in [7, 11) is 6.87. The molecule has 2 radical (unpaired) electrons. The number of hydrogen-bond donors (Lipinski definition) is 1. The molecule has 5 atom stereocenters. The number of alkyl carbamates (subject to hydrolysis) is 1. The first-order valence-electron chi connectivity index (χ1n) is 23.1. The number of phosphoric acid groups is 1. The van der Waals surface area contributed by atoms with E-state index in [0.717, 1.165) is 27.8 Å². The van der Waals surface area contributed by atoms with Crippen LogP contribution in [0.1, 0.15) is 65.8 Å². The number of rotatable bonds is 25. The van der Waals surface area contributed by atoms with Gasteiger partial charge in [-0.1, -0.05) is 110 Å². The normalized spacial score (nSPS) is 18.1. The Morgan fingerprint density at radius 3 is 2.00 bits per heavy atom. The molecule has 1 aliphatic carbocycles. The molecule has 356 valence electrons. The minimum absolute atomic E-state index is 0.0139. The number of nitriles is 1. The van der Waals surface area contributed by atoms with Crippen molar-refractivity contribution in [3.63, 3.8) is 0 Å². The van der Waals surface area contributed by atoms with Crippen LogP contribution >= 0.6 is 7.82 Å². The van der Waals surface area contributed by atoms with Crippen molar-refractivity contribution in [3.8, 4) is 28.7 Å². The molecule has 0 bridgehead atoms. The van der Waals surface area contributed by atoms with Crippen LogP contribution in [0.4, 0.5) is 4.79 Å². The summed E-state index contributed by atoms with van der Waals surface area (Å²) < 4.78 is 68.3. The van der Waals surface area contributed by atoms with E-state index in [2.05, 4.69) is 29.6 Å². The smallest absolute Gasteiger partial charge is 0.475 e.